The lowest BCUT2D eigenvalue weighted by Gasteiger charge is -2.03. The molecule has 0 amide bonds. The summed E-state index contributed by atoms with van der Waals surface area (Å²) in [5.41, 5.74) is 2.90. The number of phenolic OH excluding ortho intramolecular Hbond substituents is 1. The van der Waals surface area contributed by atoms with Crippen molar-refractivity contribution in [3.05, 3.63) is 42.9 Å². The number of hydrogen-bond donors (Lipinski definition) is 1. The van der Waals surface area contributed by atoms with Crippen LogP contribution in [-0.2, 0) is 7.05 Å². The molecule has 3 rings (SSSR count). The van der Waals surface area contributed by atoms with Gasteiger partial charge in [0, 0.05) is 36.5 Å². The van der Waals surface area contributed by atoms with Gasteiger partial charge in [-0.05, 0) is 23.8 Å². The van der Waals surface area contributed by atoms with E-state index in [-0.39, 0.29) is 5.75 Å². The summed E-state index contributed by atoms with van der Waals surface area (Å²) in [6.45, 7) is 0. The molecule has 1 N–H and O–H groups in total. The SMILES string of the molecule is Cn1cc(-c2ccnc3cc(O)ccc23)cn1. The van der Waals surface area contributed by atoms with E-state index in [9.17, 15) is 5.11 Å². The Morgan fingerprint density at radius 2 is 2.12 bits per heavy atom. The van der Waals surface area contributed by atoms with Crippen LogP contribution in [0.4, 0.5) is 0 Å². The summed E-state index contributed by atoms with van der Waals surface area (Å²) in [5.74, 6) is 0.230. The number of hydrogen-bond acceptors (Lipinski definition) is 3. The Morgan fingerprint density at radius 3 is 2.88 bits per heavy atom. The fourth-order valence-electron chi connectivity index (χ4n) is 1.95. The molecule has 3 aromatic rings. The number of phenols is 1. The summed E-state index contributed by atoms with van der Waals surface area (Å²) < 4.78 is 1.77. The Morgan fingerprint density at radius 1 is 1.24 bits per heavy atom. The number of aromatic hydroxyl groups is 1. The lowest BCUT2D eigenvalue weighted by Crippen LogP contribution is -1.85. The van der Waals surface area contributed by atoms with Crippen LogP contribution in [0.3, 0.4) is 0 Å². The molecule has 0 atom stereocenters. The molecule has 4 nitrogen and oxygen atoms in total. The summed E-state index contributed by atoms with van der Waals surface area (Å²) in [7, 11) is 1.89. The van der Waals surface area contributed by atoms with Crippen molar-refractivity contribution in [2.24, 2.45) is 7.05 Å². The fourth-order valence-corrected chi connectivity index (χ4v) is 1.95. The second-order valence-corrected chi connectivity index (χ2v) is 3.96. The zero-order valence-electron chi connectivity index (χ0n) is 9.33. The van der Waals surface area contributed by atoms with E-state index in [0.717, 1.165) is 22.0 Å². The zero-order chi connectivity index (χ0) is 11.8. The molecule has 17 heavy (non-hydrogen) atoms. The van der Waals surface area contributed by atoms with Crippen LogP contribution in [0.2, 0.25) is 0 Å². The molecule has 0 saturated carbocycles. The number of benzene rings is 1. The normalized spacial score (nSPS) is 10.9. The van der Waals surface area contributed by atoms with Gasteiger partial charge in [0.05, 0.1) is 11.7 Å². The highest BCUT2D eigenvalue weighted by molar-refractivity contribution is 5.94. The van der Waals surface area contributed by atoms with Gasteiger partial charge in [-0.25, -0.2) is 0 Å². The van der Waals surface area contributed by atoms with Crippen molar-refractivity contribution in [3.8, 4) is 16.9 Å². The first-order valence-corrected chi connectivity index (χ1v) is 5.31. The topological polar surface area (TPSA) is 50.9 Å². The maximum absolute atomic E-state index is 9.44. The quantitative estimate of drug-likeness (QED) is 0.691. The minimum Gasteiger partial charge on any atom is -0.508 e. The Bertz CT molecular complexity index is 688. The molecular formula is C13H11N3O. The molecule has 0 bridgehead atoms. The van der Waals surface area contributed by atoms with Gasteiger partial charge in [-0.15, -0.1) is 0 Å². The standard InChI is InChI=1S/C13H11N3O/c1-16-8-9(7-15-16)11-4-5-14-13-6-10(17)2-3-12(11)13/h2-8,17H,1H3. The van der Waals surface area contributed by atoms with Gasteiger partial charge in [-0.2, -0.15) is 5.10 Å². The predicted octanol–water partition coefficient (Wildman–Crippen LogP) is 2.34. The molecule has 0 spiro atoms. The first kappa shape index (κ1) is 9.84. The van der Waals surface area contributed by atoms with Crippen LogP contribution in [-0.4, -0.2) is 19.9 Å². The van der Waals surface area contributed by atoms with Crippen molar-refractivity contribution in [1.29, 1.82) is 0 Å². The van der Waals surface area contributed by atoms with Crippen LogP contribution < -0.4 is 0 Å². The Labute approximate surface area is 98.2 Å². The van der Waals surface area contributed by atoms with Crippen molar-refractivity contribution >= 4 is 10.9 Å². The highest BCUT2D eigenvalue weighted by Crippen LogP contribution is 2.28. The molecule has 0 fully saturated rings. The Balaban J connectivity index is 2.30. The fraction of sp³-hybridized carbons (Fsp3) is 0.0769. The van der Waals surface area contributed by atoms with E-state index >= 15 is 0 Å². The van der Waals surface area contributed by atoms with Gasteiger partial charge in [0.15, 0.2) is 0 Å². The Kier molecular flexibility index (Phi) is 2.08. The maximum Gasteiger partial charge on any atom is 0.117 e. The molecule has 0 aliphatic heterocycles. The molecule has 0 saturated heterocycles. The highest BCUT2D eigenvalue weighted by atomic mass is 16.3. The summed E-state index contributed by atoms with van der Waals surface area (Å²) >= 11 is 0. The van der Waals surface area contributed by atoms with E-state index in [2.05, 4.69) is 10.1 Å². The summed E-state index contributed by atoms with van der Waals surface area (Å²) in [4.78, 5) is 4.25. The third kappa shape index (κ3) is 1.63. The molecule has 0 aliphatic rings. The summed E-state index contributed by atoms with van der Waals surface area (Å²) in [5, 5.41) is 14.6. The van der Waals surface area contributed by atoms with Crippen LogP contribution in [0.5, 0.6) is 5.75 Å². The molecule has 0 radical (unpaired) electrons. The van der Waals surface area contributed by atoms with E-state index in [1.54, 1.807) is 23.0 Å². The van der Waals surface area contributed by atoms with Gasteiger partial charge < -0.3 is 5.11 Å². The second kappa shape index (κ2) is 3.59. The van der Waals surface area contributed by atoms with E-state index in [1.165, 1.54) is 0 Å². The van der Waals surface area contributed by atoms with Crippen LogP contribution in [0.25, 0.3) is 22.0 Å². The molecule has 0 unspecified atom stereocenters. The zero-order valence-corrected chi connectivity index (χ0v) is 9.33. The van der Waals surface area contributed by atoms with E-state index in [0.29, 0.717) is 0 Å². The van der Waals surface area contributed by atoms with E-state index < -0.39 is 0 Å². The van der Waals surface area contributed by atoms with Gasteiger partial charge in [0.25, 0.3) is 0 Å². The Hall–Kier alpha value is -2.36. The van der Waals surface area contributed by atoms with Crippen LogP contribution in [0.15, 0.2) is 42.9 Å². The average molecular weight is 225 g/mol. The van der Waals surface area contributed by atoms with Gasteiger partial charge in [0.2, 0.25) is 0 Å². The third-order valence-electron chi connectivity index (χ3n) is 2.74. The molecule has 1 aromatic carbocycles. The average Bonchev–Trinajstić information content (AvgIpc) is 2.74. The molecule has 0 aliphatic carbocycles. The van der Waals surface area contributed by atoms with Crippen LogP contribution >= 0.6 is 0 Å². The van der Waals surface area contributed by atoms with Gasteiger partial charge in [-0.3, -0.25) is 9.67 Å². The number of aryl methyl sites for hydroxylation is 1. The number of nitrogens with zero attached hydrogens (tertiary/aromatic N) is 3. The van der Waals surface area contributed by atoms with Gasteiger partial charge in [-0.1, -0.05) is 0 Å². The predicted molar refractivity (Wildman–Crippen MR) is 65.6 cm³/mol. The smallest absolute Gasteiger partial charge is 0.117 e. The van der Waals surface area contributed by atoms with E-state index in [1.807, 2.05) is 31.6 Å². The minimum absolute atomic E-state index is 0.230. The molecule has 2 heterocycles. The number of pyridine rings is 1. The number of rotatable bonds is 1. The molecular weight excluding hydrogens is 214 g/mol. The minimum atomic E-state index is 0.230. The van der Waals surface area contributed by atoms with Crippen molar-refractivity contribution in [2.45, 2.75) is 0 Å². The lowest BCUT2D eigenvalue weighted by atomic mass is 10.0. The summed E-state index contributed by atoms with van der Waals surface area (Å²) in [6.07, 6.45) is 5.52. The van der Waals surface area contributed by atoms with Crippen molar-refractivity contribution < 1.29 is 5.11 Å². The first-order valence-electron chi connectivity index (χ1n) is 5.31. The maximum atomic E-state index is 9.44. The van der Waals surface area contributed by atoms with Crippen molar-refractivity contribution in [3.63, 3.8) is 0 Å². The number of fused-ring (bicyclic) bond motifs is 1. The summed E-state index contributed by atoms with van der Waals surface area (Å²) in [6, 6.07) is 7.16. The highest BCUT2D eigenvalue weighted by Gasteiger charge is 2.06. The monoisotopic (exact) mass is 225 g/mol. The third-order valence-corrected chi connectivity index (χ3v) is 2.74. The van der Waals surface area contributed by atoms with Gasteiger partial charge >= 0.3 is 0 Å². The van der Waals surface area contributed by atoms with Gasteiger partial charge in [0.1, 0.15) is 5.75 Å². The largest absolute Gasteiger partial charge is 0.508 e. The number of aromatic nitrogens is 3. The van der Waals surface area contributed by atoms with Crippen LogP contribution in [0.1, 0.15) is 0 Å². The van der Waals surface area contributed by atoms with Crippen molar-refractivity contribution in [1.82, 2.24) is 14.8 Å². The lowest BCUT2D eigenvalue weighted by molar-refractivity contribution is 0.476. The van der Waals surface area contributed by atoms with Crippen LogP contribution in [0, 0.1) is 0 Å². The first-order chi connectivity index (χ1) is 8.24. The molecule has 84 valence electrons. The molecule has 2 aromatic heterocycles. The van der Waals surface area contributed by atoms with E-state index in [4.69, 9.17) is 0 Å². The second-order valence-electron chi connectivity index (χ2n) is 3.96. The van der Waals surface area contributed by atoms with Crippen molar-refractivity contribution in [2.75, 3.05) is 0 Å². The molecule has 4 heteroatoms.